The number of ether oxygens (including phenoxy) is 2. The first kappa shape index (κ1) is 37.3. The summed E-state index contributed by atoms with van der Waals surface area (Å²) in [5.41, 5.74) is -1.91. The molecule has 4 aliphatic rings. The highest BCUT2D eigenvalue weighted by Gasteiger charge is 2.62. The zero-order chi connectivity index (χ0) is 37.4. The average Bonchev–Trinajstić information content (AvgIpc) is 4.02. The summed E-state index contributed by atoms with van der Waals surface area (Å²) in [5, 5.41) is 19.5. The molecule has 4 N–H and O–H groups in total. The van der Waals surface area contributed by atoms with Crippen LogP contribution in [0.15, 0.2) is 41.2 Å². The molecule has 0 bridgehead atoms. The van der Waals surface area contributed by atoms with Crippen LogP contribution in [0.3, 0.4) is 0 Å². The van der Waals surface area contributed by atoms with Gasteiger partial charge in [-0.15, -0.1) is 5.10 Å². The van der Waals surface area contributed by atoms with Crippen LogP contribution in [0.2, 0.25) is 0 Å². The minimum Gasteiger partial charge on any atom is -0.471 e. The van der Waals surface area contributed by atoms with Crippen LogP contribution in [0.25, 0.3) is 10.8 Å². The number of rotatable bonds is 9. The highest BCUT2D eigenvalue weighted by Crippen LogP contribution is 2.46. The molecule has 2 saturated carbocycles. The highest BCUT2D eigenvalue weighted by molar-refractivity contribution is 7.91. The Morgan fingerprint density at radius 3 is 2.52 bits per heavy atom. The molecule has 52 heavy (non-hydrogen) atoms. The minimum atomic E-state index is -3.93. The molecule has 0 unspecified atom stereocenters. The fraction of sp³-hybridized carbons (Fsp3) is 0.600. The molecule has 0 radical (unpaired) electrons. The Morgan fingerprint density at radius 2 is 1.83 bits per heavy atom. The van der Waals surface area contributed by atoms with E-state index in [1.54, 1.807) is 31.2 Å². The fourth-order valence-corrected chi connectivity index (χ4v) is 8.77. The second-order valence-corrected chi connectivity index (χ2v) is 16.5. The molecule has 2 aliphatic carbocycles. The second-order valence-electron chi connectivity index (χ2n) is 14.6. The zero-order valence-electron chi connectivity index (χ0n) is 29.4. The van der Waals surface area contributed by atoms with Gasteiger partial charge < -0.3 is 30.1 Å². The van der Waals surface area contributed by atoms with E-state index in [4.69, 9.17) is 9.47 Å². The van der Waals surface area contributed by atoms with Gasteiger partial charge in [-0.2, -0.15) is 0 Å². The molecule has 282 valence electrons. The molecular formula is C35H46N6O10S. The first-order valence-corrected chi connectivity index (χ1v) is 19.3. The number of carbonyl (C=O) groups is 4. The minimum absolute atomic E-state index is 0.0616. The number of fused-ring (bicyclic) bond motifs is 3. The second kappa shape index (κ2) is 14.8. The number of nitrogens with one attached hydrogen (secondary N) is 3. The van der Waals surface area contributed by atoms with Gasteiger partial charge in [0.15, 0.2) is 0 Å². The number of carboxylic acid groups (broad SMARTS) is 1. The van der Waals surface area contributed by atoms with E-state index in [2.05, 4.69) is 20.5 Å². The van der Waals surface area contributed by atoms with Crippen LogP contribution in [-0.4, -0.2) is 101 Å². The van der Waals surface area contributed by atoms with Crippen LogP contribution in [0.5, 0.6) is 5.88 Å². The number of hydrogen-bond acceptors (Lipinski definition) is 10. The van der Waals surface area contributed by atoms with Gasteiger partial charge >= 0.3 is 6.09 Å². The van der Waals surface area contributed by atoms with E-state index < -0.39 is 74.7 Å². The highest BCUT2D eigenvalue weighted by atomic mass is 32.2. The number of hydrogen-bond donors (Lipinski definition) is 4. The number of allylic oxidation sites excluding steroid dienone is 1. The molecule has 1 aromatic heterocycles. The van der Waals surface area contributed by atoms with Crippen LogP contribution in [0, 0.1) is 17.8 Å². The Hall–Kier alpha value is -4.51. The van der Waals surface area contributed by atoms with Gasteiger partial charge in [0.05, 0.1) is 35.7 Å². The average molecular weight is 743 g/mol. The maximum absolute atomic E-state index is 14.4. The predicted octanol–water partition coefficient (Wildman–Crippen LogP) is 1.52. The predicted molar refractivity (Wildman–Crippen MR) is 188 cm³/mol. The van der Waals surface area contributed by atoms with Gasteiger partial charge in [0.1, 0.15) is 23.7 Å². The van der Waals surface area contributed by atoms with Crippen LogP contribution in [0.4, 0.5) is 4.79 Å². The fourth-order valence-electron chi connectivity index (χ4n) is 7.41. The molecule has 7 atom stereocenters. The quantitative estimate of drug-likeness (QED) is 0.270. The number of aromatic nitrogens is 2. The summed E-state index contributed by atoms with van der Waals surface area (Å²) in [7, 11) is -2.43. The van der Waals surface area contributed by atoms with E-state index in [1.165, 1.54) is 16.7 Å². The van der Waals surface area contributed by atoms with Gasteiger partial charge in [-0.25, -0.2) is 17.9 Å². The Kier molecular flexibility index (Phi) is 10.6. The lowest BCUT2D eigenvalue weighted by molar-refractivity contribution is -0.142. The van der Waals surface area contributed by atoms with Gasteiger partial charge in [0.2, 0.25) is 27.7 Å². The maximum atomic E-state index is 14.4. The molecule has 3 fully saturated rings. The molecule has 16 nitrogen and oxygen atoms in total. The summed E-state index contributed by atoms with van der Waals surface area (Å²) in [5.74, 6) is -2.89. The molecule has 1 aromatic carbocycles. The Labute approximate surface area is 301 Å². The van der Waals surface area contributed by atoms with E-state index in [0.717, 1.165) is 6.42 Å². The first-order valence-electron chi connectivity index (χ1n) is 17.7. The number of benzene rings is 1. The van der Waals surface area contributed by atoms with Crippen molar-refractivity contribution in [2.45, 2.75) is 94.3 Å². The maximum Gasteiger partial charge on any atom is 0.405 e. The largest absolute Gasteiger partial charge is 0.471 e. The van der Waals surface area contributed by atoms with E-state index in [9.17, 15) is 37.5 Å². The Morgan fingerprint density at radius 1 is 1.10 bits per heavy atom. The summed E-state index contributed by atoms with van der Waals surface area (Å²) in [6, 6.07) is 4.35. The van der Waals surface area contributed by atoms with Crippen molar-refractivity contribution in [3.8, 4) is 5.88 Å². The topological polar surface area (TPSA) is 215 Å². The molecule has 1 saturated heterocycles. The molecule has 2 aliphatic heterocycles. The lowest BCUT2D eigenvalue weighted by Gasteiger charge is -2.32. The van der Waals surface area contributed by atoms with Gasteiger partial charge in [0, 0.05) is 19.4 Å². The van der Waals surface area contributed by atoms with Crippen molar-refractivity contribution in [2.24, 2.45) is 17.8 Å². The summed E-state index contributed by atoms with van der Waals surface area (Å²) < 4.78 is 40.5. The normalized spacial score (nSPS) is 29.6. The third-order valence-electron chi connectivity index (χ3n) is 10.5. The lowest BCUT2D eigenvalue weighted by atomic mass is 9.88. The summed E-state index contributed by atoms with van der Waals surface area (Å²) in [4.78, 5) is 68.8. The summed E-state index contributed by atoms with van der Waals surface area (Å²) in [6.45, 7) is 4.02. The third kappa shape index (κ3) is 7.79. The van der Waals surface area contributed by atoms with Gasteiger partial charge in [-0.1, -0.05) is 38.1 Å². The van der Waals surface area contributed by atoms with E-state index in [0.29, 0.717) is 36.5 Å². The number of methoxy groups -OCH3 is 1. The molecule has 6 rings (SSSR count). The Bertz CT molecular complexity index is 1930. The number of carbonyl (C=O) groups excluding carboxylic acids is 3. The van der Waals surface area contributed by atoms with Crippen LogP contribution < -0.4 is 25.7 Å². The van der Waals surface area contributed by atoms with E-state index >= 15 is 0 Å². The SMILES string of the molecule is COCCn1nc(O[C@@H]2C[C@H]3C(=O)N[C@]4(C(=O)NS(=O)(=O)C5CC5)C[C@H]4C=CCC[C@@H](C)C[C@@H](C)[C@H](NC(=O)O)C(=O)N3C2)c2ccccc2c1=O. The number of amides is 4. The third-order valence-corrected chi connectivity index (χ3v) is 12.3. The van der Waals surface area contributed by atoms with Gasteiger partial charge in [-0.3, -0.25) is 23.9 Å². The van der Waals surface area contributed by atoms with Crippen molar-refractivity contribution in [2.75, 3.05) is 20.3 Å². The van der Waals surface area contributed by atoms with Crippen molar-refractivity contribution in [3.05, 3.63) is 46.8 Å². The molecule has 4 amide bonds. The standard InChI is InChI=1S/C35H46N6O10S/c1-20-8-4-5-9-22-18-35(22,33(45)39-52(48,49)24-12-13-24)37-29(42)27-17-23(19-40(27)32(44)28(21(2)16-20)36-34(46)47)51-30-25-10-6-7-11-26(25)31(43)41(38-30)14-15-50-3/h5-7,9-11,20-24,27-28,36H,4,8,12-19H2,1-3H3,(H,37,42)(H,39,45)(H,46,47)/t20-,21-,22-,23-,27+,28+,35-/m1/s1. The monoisotopic (exact) mass is 742 g/mol. The van der Waals surface area contributed by atoms with Gasteiger partial charge in [-0.05, 0) is 62.5 Å². The summed E-state index contributed by atoms with van der Waals surface area (Å²) >= 11 is 0. The van der Waals surface area contributed by atoms with Crippen molar-refractivity contribution >= 4 is 44.6 Å². The van der Waals surface area contributed by atoms with Crippen molar-refractivity contribution in [3.63, 3.8) is 0 Å². The number of sulfonamides is 1. The number of nitrogens with zero attached hydrogens (tertiary/aromatic N) is 3. The first-order chi connectivity index (χ1) is 24.7. The molecular weight excluding hydrogens is 696 g/mol. The van der Waals surface area contributed by atoms with E-state index in [1.807, 2.05) is 19.1 Å². The van der Waals surface area contributed by atoms with Crippen LogP contribution in [0.1, 0.15) is 58.8 Å². The summed E-state index contributed by atoms with van der Waals surface area (Å²) in [6.07, 6.45) is 4.38. The zero-order valence-corrected chi connectivity index (χ0v) is 30.3. The molecule has 2 aromatic rings. The smallest absolute Gasteiger partial charge is 0.405 e. The van der Waals surface area contributed by atoms with Gasteiger partial charge in [0.25, 0.3) is 11.5 Å². The Balaban J connectivity index is 1.35. The van der Waals surface area contributed by atoms with E-state index in [-0.39, 0.29) is 49.9 Å². The molecule has 17 heteroatoms. The van der Waals surface area contributed by atoms with Crippen LogP contribution in [-0.2, 0) is 35.7 Å². The van der Waals surface area contributed by atoms with Crippen molar-refractivity contribution in [1.29, 1.82) is 0 Å². The van der Waals surface area contributed by atoms with Crippen molar-refractivity contribution < 1.29 is 42.2 Å². The molecule has 0 spiro atoms. The lowest BCUT2D eigenvalue weighted by Crippen LogP contribution is -2.59. The van der Waals surface area contributed by atoms with Crippen LogP contribution >= 0.6 is 0 Å². The molecule has 3 heterocycles. The van der Waals surface area contributed by atoms with Crippen molar-refractivity contribution in [1.82, 2.24) is 30.0 Å².